The van der Waals surface area contributed by atoms with Crippen molar-refractivity contribution < 1.29 is 24.2 Å². The van der Waals surface area contributed by atoms with Crippen LogP contribution in [0.5, 0.6) is 5.75 Å². The summed E-state index contributed by atoms with van der Waals surface area (Å²) in [5, 5.41) is 12.3. The Hall–Kier alpha value is -3.19. The average Bonchev–Trinajstić information content (AvgIpc) is 3.32. The summed E-state index contributed by atoms with van der Waals surface area (Å²) in [5.41, 5.74) is 1.25. The van der Waals surface area contributed by atoms with E-state index in [1.807, 2.05) is 6.07 Å². The van der Waals surface area contributed by atoms with Crippen molar-refractivity contribution >= 4 is 17.6 Å². The van der Waals surface area contributed by atoms with Crippen LogP contribution in [0.1, 0.15) is 22.3 Å². The molecule has 2 fully saturated rings. The summed E-state index contributed by atoms with van der Waals surface area (Å²) < 4.78 is 5.47. The molecule has 0 unspecified atom stereocenters. The highest BCUT2D eigenvalue weighted by molar-refractivity contribution is 5.99. The van der Waals surface area contributed by atoms with Gasteiger partial charge < -0.3 is 20.1 Å². The standard InChI is InChI=1S/C22H22N2O5/c25-16-8-6-14(7-9-16)12-17(23-21(27)15-4-2-1-3-5-15)22(28)24-11-10-19-20(24)18(26)13-29-19/h1-9,17,19-20,25H,10-13H2,(H,23,27)/t17-,19+,20+/m0/s1. The van der Waals surface area contributed by atoms with Crippen molar-refractivity contribution in [3.8, 4) is 5.75 Å². The predicted molar refractivity (Wildman–Crippen MR) is 104 cm³/mol. The second-order valence-electron chi connectivity index (χ2n) is 7.34. The molecule has 2 heterocycles. The Bertz CT molecular complexity index is 913. The summed E-state index contributed by atoms with van der Waals surface area (Å²) in [4.78, 5) is 39.8. The number of ketones is 1. The minimum Gasteiger partial charge on any atom is -0.508 e. The normalized spacial score (nSPS) is 21.7. The molecule has 0 radical (unpaired) electrons. The topological polar surface area (TPSA) is 95.9 Å². The number of nitrogens with one attached hydrogen (secondary N) is 1. The third-order valence-corrected chi connectivity index (χ3v) is 5.41. The van der Waals surface area contributed by atoms with Crippen molar-refractivity contribution in [3.63, 3.8) is 0 Å². The Balaban J connectivity index is 1.57. The van der Waals surface area contributed by atoms with Crippen molar-refractivity contribution in [2.75, 3.05) is 13.2 Å². The highest BCUT2D eigenvalue weighted by atomic mass is 16.5. The Kier molecular flexibility index (Phi) is 5.31. The first kappa shape index (κ1) is 19.1. The molecule has 7 nitrogen and oxygen atoms in total. The number of Topliss-reactive ketones (excluding diaryl/α,β-unsaturated/α-hetero) is 1. The molecule has 2 aliphatic heterocycles. The number of hydrogen-bond acceptors (Lipinski definition) is 5. The lowest BCUT2D eigenvalue weighted by atomic mass is 10.0. The van der Waals surface area contributed by atoms with Gasteiger partial charge in [0.2, 0.25) is 5.91 Å². The monoisotopic (exact) mass is 394 g/mol. The van der Waals surface area contributed by atoms with E-state index in [1.54, 1.807) is 36.4 Å². The predicted octanol–water partition coefficient (Wildman–Crippen LogP) is 1.30. The third kappa shape index (κ3) is 4.00. The lowest BCUT2D eigenvalue weighted by molar-refractivity contribution is -0.138. The molecule has 0 spiro atoms. The van der Waals surface area contributed by atoms with Crippen molar-refractivity contribution in [1.29, 1.82) is 0 Å². The van der Waals surface area contributed by atoms with Crippen LogP contribution >= 0.6 is 0 Å². The molecule has 2 aliphatic rings. The van der Waals surface area contributed by atoms with Gasteiger partial charge in [0.15, 0.2) is 5.78 Å². The van der Waals surface area contributed by atoms with Gasteiger partial charge in [0, 0.05) is 18.5 Å². The number of likely N-dealkylation sites (tertiary alicyclic amines) is 1. The molecule has 3 atom stereocenters. The molecule has 2 N–H and O–H groups in total. The minimum absolute atomic E-state index is 0.0259. The maximum atomic E-state index is 13.3. The van der Waals surface area contributed by atoms with Crippen LogP contribution in [0.3, 0.4) is 0 Å². The van der Waals surface area contributed by atoms with Crippen LogP contribution in [0.4, 0.5) is 0 Å². The van der Waals surface area contributed by atoms with Crippen molar-refractivity contribution in [2.24, 2.45) is 0 Å². The summed E-state index contributed by atoms with van der Waals surface area (Å²) in [6, 6.07) is 13.8. The number of carbonyl (C=O) groups is 3. The van der Waals surface area contributed by atoms with E-state index in [1.165, 1.54) is 17.0 Å². The van der Waals surface area contributed by atoms with Gasteiger partial charge in [-0.3, -0.25) is 14.4 Å². The molecular formula is C22H22N2O5. The van der Waals surface area contributed by atoms with E-state index < -0.39 is 12.1 Å². The van der Waals surface area contributed by atoms with E-state index in [0.717, 1.165) is 5.56 Å². The fourth-order valence-corrected chi connectivity index (χ4v) is 3.94. The molecule has 2 amide bonds. The van der Waals surface area contributed by atoms with Gasteiger partial charge in [-0.25, -0.2) is 0 Å². The zero-order valence-electron chi connectivity index (χ0n) is 15.8. The van der Waals surface area contributed by atoms with Gasteiger partial charge >= 0.3 is 0 Å². The number of fused-ring (bicyclic) bond motifs is 1. The molecule has 29 heavy (non-hydrogen) atoms. The number of rotatable bonds is 5. The van der Waals surface area contributed by atoms with Crippen molar-refractivity contribution in [1.82, 2.24) is 10.2 Å². The Labute approximate surface area is 168 Å². The highest BCUT2D eigenvalue weighted by Crippen LogP contribution is 2.28. The van der Waals surface area contributed by atoms with Gasteiger partial charge in [-0.05, 0) is 36.2 Å². The number of carbonyl (C=O) groups excluding carboxylic acids is 3. The molecule has 0 saturated carbocycles. The first-order chi connectivity index (χ1) is 14.0. The number of amides is 2. The summed E-state index contributed by atoms with van der Waals surface area (Å²) in [6.07, 6.45) is 0.604. The summed E-state index contributed by atoms with van der Waals surface area (Å²) in [6.45, 7) is 0.450. The van der Waals surface area contributed by atoms with E-state index in [4.69, 9.17) is 4.74 Å². The van der Waals surface area contributed by atoms with Crippen molar-refractivity contribution in [2.45, 2.75) is 31.0 Å². The Morgan fingerprint density at radius 2 is 1.86 bits per heavy atom. The van der Waals surface area contributed by atoms with Gasteiger partial charge in [0.25, 0.3) is 5.91 Å². The van der Waals surface area contributed by atoms with Gasteiger partial charge in [0.05, 0.1) is 6.10 Å². The Morgan fingerprint density at radius 3 is 2.59 bits per heavy atom. The number of aromatic hydroxyl groups is 1. The number of benzene rings is 2. The molecule has 2 aromatic carbocycles. The quantitative estimate of drug-likeness (QED) is 0.797. The summed E-state index contributed by atoms with van der Waals surface area (Å²) >= 11 is 0. The van der Waals surface area contributed by atoms with Crippen LogP contribution in [-0.2, 0) is 20.7 Å². The smallest absolute Gasteiger partial charge is 0.251 e. The number of ether oxygens (including phenoxy) is 1. The van der Waals surface area contributed by atoms with E-state index >= 15 is 0 Å². The van der Waals surface area contributed by atoms with E-state index in [-0.39, 0.29) is 42.5 Å². The number of nitrogens with zero attached hydrogens (tertiary/aromatic N) is 1. The lowest BCUT2D eigenvalue weighted by Gasteiger charge is -2.27. The largest absolute Gasteiger partial charge is 0.508 e. The van der Waals surface area contributed by atoms with Crippen LogP contribution in [0.2, 0.25) is 0 Å². The van der Waals surface area contributed by atoms with Gasteiger partial charge in [-0.15, -0.1) is 0 Å². The van der Waals surface area contributed by atoms with E-state index in [0.29, 0.717) is 18.5 Å². The molecule has 0 aromatic heterocycles. The fourth-order valence-electron chi connectivity index (χ4n) is 3.94. The first-order valence-corrected chi connectivity index (χ1v) is 9.61. The van der Waals surface area contributed by atoms with Crippen LogP contribution in [0, 0.1) is 0 Å². The van der Waals surface area contributed by atoms with Gasteiger partial charge in [0.1, 0.15) is 24.4 Å². The zero-order valence-corrected chi connectivity index (χ0v) is 15.8. The lowest BCUT2D eigenvalue weighted by Crippen LogP contribution is -2.53. The van der Waals surface area contributed by atoms with Crippen LogP contribution in [0.25, 0.3) is 0 Å². The first-order valence-electron chi connectivity index (χ1n) is 9.61. The number of phenolic OH excluding ortho intramolecular Hbond substituents is 1. The third-order valence-electron chi connectivity index (χ3n) is 5.41. The molecule has 0 bridgehead atoms. The number of phenols is 1. The molecule has 0 aliphatic carbocycles. The van der Waals surface area contributed by atoms with Crippen LogP contribution in [-0.4, -0.2) is 58.9 Å². The highest BCUT2D eigenvalue weighted by Gasteiger charge is 2.48. The van der Waals surface area contributed by atoms with Crippen LogP contribution < -0.4 is 5.32 Å². The second-order valence-corrected chi connectivity index (χ2v) is 7.34. The fraction of sp³-hybridized carbons (Fsp3) is 0.318. The Morgan fingerprint density at radius 1 is 1.14 bits per heavy atom. The molecule has 2 aromatic rings. The minimum atomic E-state index is -0.834. The SMILES string of the molecule is O=C(N[C@@H](Cc1ccc(O)cc1)C(=O)N1CC[C@H]2OCC(=O)[C@H]21)c1ccccc1. The molecular weight excluding hydrogens is 372 g/mol. The van der Waals surface area contributed by atoms with Gasteiger partial charge in [-0.2, -0.15) is 0 Å². The van der Waals surface area contributed by atoms with Crippen molar-refractivity contribution in [3.05, 3.63) is 65.7 Å². The summed E-state index contributed by atoms with van der Waals surface area (Å²) in [7, 11) is 0. The number of hydrogen-bond donors (Lipinski definition) is 2. The van der Waals surface area contributed by atoms with Gasteiger partial charge in [-0.1, -0.05) is 30.3 Å². The van der Waals surface area contributed by atoms with Crippen LogP contribution in [0.15, 0.2) is 54.6 Å². The maximum absolute atomic E-state index is 13.3. The second kappa shape index (κ2) is 8.05. The summed E-state index contributed by atoms with van der Waals surface area (Å²) in [5.74, 6) is -0.624. The zero-order chi connectivity index (χ0) is 20.4. The molecule has 2 saturated heterocycles. The maximum Gasteiger partial charge on any atom is 0.251 e. The average molecular weight is 394 g/mol. The molecule has 150 valence electrons. The van der Waals surface area contributed by atoms with E-state index in [2.05, 4.69) is 5.32 Å². The van der Waals surface area contributed by atoms with E-state index in [9.17, 15) is 19.5 Å². The molecule has 7 heteroatoms. The molecule has 4 rings (SSSR count).